The Bertz CT molecular complexity index is 1040. The molecule has 3 aromatic rings. The Morgan fingerprint density at radius 3 is 2.62 bits per heavy atom. The summed E-state index contributed by atoms with van der Waals surface area (Å²) in [5.74, 6) is -0.588. The summed E-state index contributed by atoms with van der Waals surface area (Å²) in [4.78, 5) is 20.2. The number of alkyl halides is 2. The molecule has 9 heteroatoms. The fourth-order valence-electron chi connectivity index (χ4n) is 2.70. The van der Waals surface area contributed by atoms with Crippen molar-refractivity contribution in [1.82, 2.24) is 14.5 Å². The van der Waals surface area contributed by atoms with Gasteiger partial charge in [0.25, 0.3) is 12.0 Å². The smallest absolute Gasteiger partial charge is 0.266 e. The van der Waals surface area contributed by atoms with E-state index in [1.54, 1.807) is 20.0 Å². The average molecular weight is 427 g/mol. The van der Waals surface area contributed by atoms with Gasteiger partial charge in [0.2, 0.25) is 0 Å². The summed E-state index contributed by atoms with van der Waals surface area (Å²) < 4.78 is 41.9. The van der Waals surface area contributed by atoms with Crippen LogP contribution in [0.4, 0.5) is 19.0 Å². The molecule has 0 aliphatic carbocycles. The lowest BCUT2D eigenvalue weighted by Crippen LogP contribution is -2.19. The van der Waals surface area contributed by atoms with Crippen molar-refractivity contribution in [2.24, 2.45) is 7.05 Å². The molecule has 5 nitrogen and oxygen atoms in total. The van der Waals surface area contributed by atoms with Crippen molar-refractivity contribution in [3.8, 4) is 0 Å². The number of anilines is 1. The second-order valence-electron chi connectivity index (χ2n) is 5.73. The van der Waals surface area contributed by atoms with E-state index >= 15 is 0 Å². The minimum Gasteiger partial charge on any atom is -0.363 e. The maximum Gasteiger partial charge on any atom is 0.266 e. The number of halogens is 4. The van der Waals surface area contributed by atoms with Crippen molar-refractivity contribution in [2.75, 3.05) is 5.32 Å². The Hall–Kier alpha value is -2.42. The fraction of sp³-hybridized carbons (Fsp3) is 0.235. The Balaban J connectivity index is 2.05. The fourth-order valence-corrected chi connectivity index (χ4v) is 3.20. The Morgan fingerprint density at radius 2 is 1.92 bits per heavy atom. The largest absolute Gasteiger partial charge is 0.363 e. The zero-order valence-electron chi connectivity index (χ0n) is 13.8. The summed E-state index contributed by atoms with van der Waals surface area (Å²) >= 11 is 3.19. The molecule has 0 aliphatic rings. The summed E-state index contributed by atoms with van der Waals surface area (Å²) in [6.45, 7) is 1.64. The Labute approximate surface area is 155 Å². The van der Waals surface area contributed by atoms with Gasteiger partial charge >= 0.3 is 0 Å². The van der Waals surface area contributed by atoms with Gasteiger partial charge in [0.05, 0.1) is 21.5 Å². The van der Waals surface area contributed by atoms with Gasteiger partial charge in [-0.25, -0.2) is 23.1 Å². The lowest BCUT2D eigenvalue weighted by molar-refractivity contribution is 0.146. The zero-order chi connectivity index (χ0) is 19.0. The van der Waals surface area contributed by atoms with E-state index in [1.807, 2.05) is 0 Å². The summed E-state index contributed by atoms with van der Waals surface area (Å²) in [5, 5.41) is 3.55. The molecule has 136 valence electrons. The molecule has 0 bridgehead atoms. The topological polar surface area (TPSA) is 59.8 Å². The molecular weight excluding hydrogens is 413 g/mol. The molecule has 0 saturated heterocycles. The molecule has 26 heavy (non-hydrogen) atoms. The molecule has 0 radical (unpaired) electrons. The summed E-state index contributed by atoms with van der Waals surface area (Å²) in [7, 11) is 1.57. The predicted molar refractivity (Wildman–Crippen MR) is 95.9 cm³/mol. The van der Waals surface area contributed by atoms with E-state index in [9.17, 15) is 18.0 Å². The first-order valence-electron chi connectivity index (χ1n) is 7.64. The van der Waals surface area contributed by atoms with Crippen LogP contribution in [0.3, 0.4) is 0 Å². The van der Waals surface area contributed by atoms with Crippen LogP contribution in [0, 0.1) is 5.82 Å². The number of pyridine rings is 1. The molecule has 0 fully saturated rings. The highest BCUT2D eigenvalue weighted by atomic mass is 79.9. The second kappa shape index (κ2) is 7.06. The molecule has 0 saturated carbocycles. The van der Waals surface area contributed by atoms with Gasteiger partial charge in [0, 0.05) is 12.6 Å². The van der Waals surface area contributed by atoms with Gasteiger partial charge in [-0.2, -0.15) is 0 Å². The lowest BCUT2D eigenvalue weighted by Gasteiger charge is -2.18. The second-order valence-corrected chi connectivity index (χ2v) is 6.59. The first-order valence-corrected chi connectivity index (χ1v) is 8.43. The quantitative estimate of drug-likeness (QED) is 0.673. The molecule has 1 aromatic carbocycles. The highest BCUT2D eigenvalue weighted by Crippen LogP contribution is 2.30. The third-order valence-corrected chi connectivity index (χ3v) is 4.64. The van der Waals surface area contributed by atoms with Crippen LogP contribution in [0.15, 0.2) is 39.9 Å². The summed E-state index contributed by atoms with van der Waals surface area (Å²) in [6.07, 6.45) is -1.62. The molecular formula is C17H14BrF3N4O. The summed E-state index contributed by atoms with van der Waals surface area (Å²) in [6, 6.07) is 4.81. The van der Waals surface area contributed by atoms with Gasteiger partial charge in [-0.05, 0) is 28.9 Å². The van der Waals surface area contributed by atoms with Crippen LogP contribution in [-0.4, -0.2) is 14.5 Å². The first kappa shape index (κ1) is 18.4. The normalized spacial score (nSPS) is 12.6. The molecule has 0 aliphatic heterocycles. The first-order chi connectivity index (χ1) is 12.3. The van der Waals surface area contributed by atoms with Crippen LogP contribution in [0.5, 0.6) is 0 Å². The van der Waals surface area contributed by atoms with Gasteiger partial charge in [-0.15, -0.1) is 0 Å². The third kappa shape index (κ3) is 3.18. The molecule has 1 unspecified atom stereocenters. The van der Waals surface area contributed by atoms with E-state index in [4.69, 9.17) is 0 Å². The number of nitrogens with one attached hydrogen (secondary N) is 1. The van der Waals surface area contributed by atoms with Gasteiger partial charge < -0.3 is 5.32 Å². The van der Waals surface area contributed by atoms with Crippen LogP contribution in [0.25, 0.3) is 11.0 Å². The van der Waals surface area contributed by atoms with Gasteiger partial charge in [-0.1, -0.05) is 18.2 Å². The molecule has 1 atom stereocenters. The number of rotatable bonds is 4. The van der Waals surface area contributed by atoms with Crippen LogP contribution in [0.2, 0.25) is 0 Å². The molecule has 1 N–H and O–H groups in total. The van der Waals surface area contributed by atoms with Crippen molar-refractivity contribution in [3.05, 3.63) is 62.4 Å². The SMILES string of the molecule is CC(Nc1ncnc2c1cc(Br)c(=O)n2C)c1cccc(C(F)F)c1F. The van der Waals surface area contributed by atoms with E-state index in [1.165, 1.54) is 23.0 Å². The van der Waals surface area contributed by atoms with E-state index in [2.05, 4.69) is 31.2 Å². The summed E-state index contributed by atoms with van der Waals surface area (Å²) in [5.41, 5.74) is -0.414. The van der Waals surface area contributed by atoms with Crippen molar-refractivity contribution in [3.63, 3.8) is 0 Å². The van der Waals surface area contributed by atoms with Gasteiger partial charge in [0.1, 0.15) is 23.6 Å². The molecule has 0 amide bonds. The van der Waals surface area contributed by atoms with Crippen LogP contribution < -0.4 is 10.9 Å². The van der Waals surface area contributed by atoms with Crippen LogP contribution >= 0.6 is 15.9 Å². The number of benzene rings is 1. The minimum absolute atomic E-state index is 0.0958. The van der Waals surface area contributed by atoms with Gasteiger partial charge in [0.15, 0.2) is 0 Å². The minimum atomic E-state index is -2.90. The van der Waals surface area contributed by atoms with Crippen LogP contribution in [0.1, 0.15) is 30.5 Å². The van der Waals surface area contributed by atoms with Crippen molar-refractivity contribution >= 4 is 32.8 Å². The van der Waals surface area contributed by atoms with Crippen LogP contribution in [-0.2, 0) is 7.05 Å². The molecule has 2 aromatic heterocycles. The van der Waals surface area contributed by atoms with E-state index in [0.717, 1.165) is 6.07 Å². The standard InChI is InChI=1S/C17H14BrF3N4O/c1-8(9-4-3-5-10(13(9)19)14(20)21)24-15-11-6-12(18)17(26)25(2)16(11)23-7-22-15/h3-8,14H,1-2H3,(H,22,23,24). The van der Waals surface area contributed by atoms with E-state index in [0.29, 0.717) is 21.3 Å². The molecule has 0 spiro atoms. The van der Waals surface area contributed by atoms with Crippen molar-refractivity contribution in [1.29, 1.82) is 0 Å². The number of fused-ring (bicyclic) bond motifs is 1. The third-order valence-electron chi connectivity index (χ3n) is 4.07. The number of aromatic nitrogens is 3. The number of hydrogen-bond acceptors (Lipinski definition) is 4. The Morgan fingerprint density at radius 1 is 1.23 bits per heavy atom. The zero-order valence-corrected chi connectivity index (χ0v) is 15.4. The van der Waals surface area contributed by atoms with Crippen molar-refractivity contribution in [2.45, 2.75) is 19.4 Å². The highest BCUT2D eigenvalue weighted by Gasteiger charge is 2.20. The monoisotopic (exact) mass is 426 g/mol. The predicted octanol–water partition coefficient (Wildman–Crippen LogP) is 4.34. The molecule has 2 heterocycles. The van der Waals surface area contributed by atoms with E-state index in [-0.39, 0.29) is 11.1 Å². The maximum absolute atomic E-state index is 14.4. The Kier molecular flexibility index (Phi) is 4.99. The lowest BCUT2D eigenvalue weighted by atomic mass is 10.0. The number of nitrogens with zero attached hydrogens (tertiary/aromatic N) is 3. The molecule has 3 rings (SSSR count). The van der Waals surface area contributed by atoms with E-state index < -0.39 is 23.8 Å². The number of hydrogen-bond donors (Lipinski definition) is 1. The number of aryl methyl sites for hydroxylation is 1. The van der Waals surface area contributed by atoms with Gasteiger partial charge in [-0.3, -0.25) is 9.36 Å². The van der Waals surface area contributed by atoms with Crippen molar-refractivity contribution < 1.29 is 13.2 Å². The average Bonchev–Trinajstić information content (AvgIpc) is 2.60. The maximum atomic E-state index is 14.4. The highest BCUT2D eigenvalue weighted by molar-refractivity contribution is 9.10.